The average molecular weight is 882 g/mol. The van der Waals surface area contributed by atoms with Gasteiger partial charge in [0.25, 0.3) is 0 Å². The Morgan fingerprint density at radius 1 is 0.778 bits per heavy atom. The topological polar surface area (TPSA) is 272 Å². The van der Waals surface area contributed by atoms with Gasteiger partial charge in [0, 0.05) is 52.7 Å². The maximum absolute atomic E-state index is 12.9. The summed E-state index contributed by atoms with van der Waals surface area (Å²) >= 11 is 1.91. The third-order valence-electron chi connectivity index (χ3n) is 9.71. The molecule has 17 nitrogen and oxygen atoms in total. The number of aromatic carboxylic acids is 1. The number of aliphatic carboxylic acids is 3. The summed E-state index contributed by atoms with van der Waals surface area (Å²) in [6.07, 6.45) is 4.81. The van der Waals surface area contributed by atoms with Gasteiger partial charge in [-0.1, -0.05) is 53.7 Å². The number of ether oxygens (including phenoxy) is 3. The van der Waals surface area contributed by atoms with E-state index in [1.165, 1.54) is 66.3 Å². The van der Waals surface area contributed by atoms with Gasteiger partial charge in [-0.15, -0.1) is 0 Å². The Balaban J connectivity index is 0.000000217. The summed E-state index contributed by atoms with van der Waals surface area (Å²) in [6, 6.07) is 18.9. The van der Waals surface area contributed by atoms with Crippen LogP contribution in [0.4, 0.5) is 0 Å². The van der Waals surface area contributed by atoms with Gasteiger partial charge >= 0.3 is 35.8 Å². The van der Waals surface area contributed by atoms with Gasteiger partial charge in [-0.2, -0.15) is 0 Å². The first-order chi connectivity index (χ1) is 29.9. The van der Waals surface area contributed by atoms with Crippen molar-refractivity contribution in [1.82, 2.24) is 4.90 Å². The molecule has 0 aliphatic carbocycles. The lowest BCUT2D eigenvalue weighted by Gasteiger charge is -2.30. The van der Waals surface area contributed by atoms with Crippen LogP contribution >= 0.6 is 11.8 Å². The quantitative estimate of drug-likeness (QED) is 0.0413. The van der Waals surface area contributed by atoms with Crippen molar-refractivity contribution in [2.75, 3.05) is 20.1 Å². The molecule has 0 spiro atoms. The monoisotopic (exact) mass is 881 g/mol. The third-order valence-corrected chi connectivity index (χ3v) is 10.9. The average Bonchev–Trinajstić information content (AvgIpc) is 3.38. The molecular formula is C45H39NO16S. The Bertz CT molecular complexity index is 2570. The van der Waals surface area contributed by atoms with Gasteiger partial charge in [-0.05, 0) is 74.2 Å². The van der Waals surface area contributed by atoms with E-state index in [9.17, 15) is 48.9 Å². The van der Waals surface area contributed by atoms with Crippen LogP contribution in [-0.4, -0.2) is 97.8 Å². The number of carbonyl (C=O) groups excluding carboxylic acids is 3. The maximum Gasteiger partial charge on any atom is 0.347 e. The highest BCUT2D eigenvalue weighted by atomic mass is 32.2. The number of rotatable bonds is 8. The first kappa shape index (κ1) is 46.4. The largest absolute Gasteiger partial charge is 0.507 e. The Kier molecular flexibility index (Phi) is 14.9. The van der Waals surface area contributed by atoms with Gasteiger partial charge in [0.15, 0.2) is 23.5 Å². The fraction of sp³-hybridized carbons (Fsp3) is 0.178. The van der Waals surface area contributed by atoms with E-state index in [1.807, 2.05) is 11.8 Å². The molecule has 0 radical (unpaired) electrons. The van der Waals surface area contributed by atoms with E-state index in [4.69, 9.17) is 29.5 Å². The molecular weight excluding hydrogens is 843 g/mol. The highest BCUT2D eigenvalue weighted by Crippen LogP contribution is 2.51. The number of carbonyl (C=O) groups is 7. The first-order valence-electron chi connectivity index (χ1n) is 18.8. The number of likely N-dealkylation sites (tertiary alicyclic amines) is 1. The number of phenolic OH excluding ortho intramolecular Hbond substituents is 1. The Morgan fingerprint density at radius 2 is 1.32 bits per heavy atom. The molecule has 0 aromatic heterocycles. The van der Waals surface area contributed by atoms with Crippen molar-refractivity contribution in [1.29, 1.82) is 0 Å². The van der Waals surface area contributed by atoms with Crippen LogP contribution in [0.2, 0.25) is 0 Å². The van der Waals surface area contributed by atoms with E-state index >= 15 is 0 Å². The van der Waals surface area contributed by atoms with Crippen LogP contribution in [-0.2, 0) is 30.5 Å². The van der Waals surface area contributed by atoms with Gasteiger partial charge in [0.05, 0.1) is 11.1 Å². The molecule has 63 heavy (non-hydrogen) atoms. The van der Waals surface area contributed by atoms with Crippen molar-refractivity contribution in [3.63, 3.8) is 0 Å². The predicted octanol–water partition coefficient (Wildman–Crippen LogP) is 6.62. The lowest BCUT2D eigenvalue weighted by Crippen LogP contribution is -2.27. The van der Waals surface area contributed by atoms with Gasteiger partial charge in [0.2, 0.25) is 0 Å². The molecule has 18 heteroatoms. The van der Waals surface area contributed by atoms with E-state index in [1.54, 1.807) is 5.57 Å². The summed E-state index contributed by atoms with van der Waals surface area (Å²) < 4.78 is 15.9. The molecule has 4 aromatic rings. The molecule has 1 fully saturated rings. The minimum Gasteiger partial charge on any atom is -0.507 e. The number of phenols is 2. The number of aldehydes is 1. The van der Waals surface area contributed by atoms with Gasteiger partial charge in [0.1, 0.15) is 29.2 Å². The molecule has 326 valence electrons. The second-order valence-electron chi connectivity index (χ2n) is 13.9. The molecule has 0 atom stereocenters. The molecule has 0 amide bonds. The molecule has 3 heterocycles. The Labute approximate surface area is 362 Å². The standard InChI is InChI=1S/C22H16O12.C19H19NS.C4H4O4/c1-8-5-12(24)10(6-23)19-15(8)22(31)34-20-11(7-32-14(27)4-3-13(25)26)17(28)16(21(29)30)9(2)18(20)33-19;1-20-12-10-14(11-13-20)19-15-6-2-4-8-17(15)21-18-9-5-3-7-16(18)19;5-3(6)1-2-4(7)8/h3-6,24,28H,7H2,1-2H3,(H,25,26)(H,29,30);2-9H,10-13H2,1H3;1-2H,(H,5,6)(H,7,8). The molecule has 0 saturated carbocycles. The van der Waals surface area contributed by atoms with E-state index in [-0.39, 0.29) is 28.7 Å². The smallest absolute Gasteiger partial charge is 0.347 e. The zero-order valence-corrected chi connectivity index (χ0v) is 34.6. The molecule has 3 aliphatic rings. The number of fused-ring (bicyclic) bond motifs is 4. The Hall–Kier alpha value is -7.70. The second kappa shape index (κ2) is 20.2. The van der Waals surface area contributed by atoms with Crippen LogP contribution < -0.4 is 9.47 Å². The maximum atomic E-state index is 12.9. The molecule has 6 N–H and O–H groups in total. The van der Waals surface area contributed by atoms with Crippen LogP contribution in [0.15, 0.2) is 94.3 Å². The van der Waals surface area contributed by atoms with Crippen molar-refractivity contribution in [2.45, 2.75) is 43.1 Å². The van der Waals surface area contributed by atoms with Crippen molar-refractivity contribution in [3.05, 3.63) is 129 Å². The zero-order valence-electron chi connectivity index (χ0n) is 33.7. The minimum absolute atomic E-state index is 0.169. The number of benzene rings is 4. The molecule has 0 unspecified atom stereocenters. The summed E-state index contributed by atoms with van der Waals surface area (Å²) in [5.41, 5.74) is 4.20. The molecule has 7 rings (SSSR count). The predicted molar refractivity (Wildman–Crippen MR) is 224 cm³/mol. The normalized spacial score (nSPS) is 13.9. The highest BCUT2D eigenvalue weighted by Gasteiger charge is 2.36. The molecule has 1 saturated heterocycles. The van der Waals surface area contributed by atoms with Crippen LogP contribution in [0.1, 0.15) is 71.7 Å². The lowest BCUT2D eigenvalue weighted by atomic mass is 9.88. The van der Waals surface area contributed by atoms with Crippen LogP contribution in [0.25, 0.3) is 5.57 Å². The summed E-state index contributed by atoms with van der Waals surface area (Å²) in [5.74, 6) is -10.4. The van der Waals surface area contributed by atoms with Crippen molar-refractivity contribution in [2.24, 2.45) is 0 Å². The van der Waals surface area contributed by atoms with Crippen LogP contribution in [0.5, 0.6) is 28.7 Å². The summed E-state index contributed by atoms with van der Waals surface area (Å²) in [7, 11) is 2.22. The number of piperidine rings is 1. The second-order valence-corrected chi connectivity index (χ2v) is 15.0. The lowest BCUT2D eigenvalue weighted by molar-refractivity contribution is -0.140. The van der Waals surface area contributed by atoms with Crippen LogP contribution in [0, 0.1) is 13.8 Å². The summed E-state index contributed by atoms with van der Waals surface area (Å²) in [6.45, 7) is 4.18. The first-order valence-corrected chi connectivity index (χ1v) is 19.6. The molecule has 0 bridgehead atoms. The number of esters is 2. The van der Waals surface area contributed by atoms with Crippen LogP contribution in [0.3, 0.4) is 0 Å². The van der Waals surface area contributed by atoms with Gasteiger partial charge in [-0.3, -0.25) is 4.79 Å². The van der Waals surface area contributed by atoms with E-state index < -0.39 is 82.1 Å². The number of nitrogens with zero attached hydrogens (tertiary/aromatic N) is 1. The van der Waals surface area contributed by atoms with E-state index in [0.29, 0.717) is 24.3 Å². The summed E-state index contributed by atoms with van der Waals surface area (Å²) in [4.78, 5) is 83.0. The van der Waals surface area contributed by atoms with Gasteiger partial charge in [-0.25, -0.2) is 28.8 Å². The fourth-order valence-electron chi connectivity index (χ4n) is 6.77. The number of aromatic hydroxyl groups is 2. The highest BCUT2D eigenvalue weighted by molar-refractivity contribution is 7.99. The zero-order chi connectivity index (χ0) is 46.1. The molecule has 4 aromatic carbocycles. The Morgan fingerprint density at radius 3 is 1.84 bits per heavy atom. The third kappa shape index (κ3) is 10.8. The van der Waals surface area contributed by atoms with E-state index in [2.05, 4.69) is 60.5 Å². The fourth-order valence-corrected chi connectivity index (χ4v) is 7.86. The number of aryl methyl sites for hydroxylation is 1. The minimum atomic E-state index is -1.60. The number of carboxylic acids is 4. The number of carboxylic acid groups (broad SMARTS) is 4. The summed E-state index contributed by atoms with van der Waals surface area (Å²) in [5, 5.41) is 54.5. The number of hydrogen-bond acceptors (Lipinski definition) is 14. The molecule has 3 aliphatic heterocycles. The SMILES string of the molecule is CN1CCC(=C2c3ccccc3Sc3ccccc32)CC1.Cc1cc(O)c(C=O)c2c1C(=O)Oc1c(COC(=O)C=CC(=O)O)c(O)c(C(=O)O)c(C)c1O2.O=C(O)C=CC(=O)O. The van der Waals surface area contributed by atoms with Gasteiger partial charge < -0.3 is 49.7 Å². The number of hydrogen-bond donors (Lipinski definition) is 6. The van der Waals surface area contributed by atoms with Crippen molar-refractivity contribution >= 4 is 59.4 Å². The van der Waals surface area contributed by atoms with Crippen molar-refractivity contribution < 1.29 is 78.4 Å². The van der Waals surface area contributed by atoms with E-state index in [0.717, 1.165) is 6.07 Å². The van der Waals surface area contributed by atoms with Crippen molar-refractivity contribution in [3.8, 4) is 28.7 Å².